The van der Waals surface area contributed by atoms with Gasteiger partial charge in [-0.25, -0.2) is 4.68 Å². The maximum atomic E-state index is 12.7. The summed E-state index contributed by atoms with van der Waals surface area (Å²) in [7, 11) is 0. The fraction of sp³-hybridized carbons (Fsp3) is 0.375. The molecule has 0 unspecified atom stereocenters. The maximum absolute atomic E-state index is 12.7. The Bertz CT molecular complexity index is 1040. The summed E-state index contributed by atoms with van der Waals surface area (Å²) < 4.78 is 7.19. The molecular weight excluding hydrogens is 398 g/mol. The first kappa shape index (κ1) is 23.4. The van der Waals surface area contributed by atoms with Gasteiger partial charge in [0.1, 0.15) is 17.3 Å². The summed E-state index contributed by atoms with van der Waals surface area (Å²) in [5.41, 5.74) is 1.99. The Hall–Kier alpha value is -2.84. The predicted molar refractivity (Wildman–Crippen MR) is 121 cm³/mol. The molecule has 0 radical (unpaired) electrons. The Labute approximate surface area is 183 Å². The molecule has 0 saturated carbocycles. The molecule has 2 aromatic rings. The third-order valence-electron chi connectivity index (χ3n) is 4.59. The fourth-order valence-corrected chi connectivity index (χ4v) is 2.92. The summed E-state index contributed by atoms with van der Waals surface area (Å²) in [6, 6.07) is 9.81. The lowest BCUT2D eigenvalue weighted by molar-refractivity contribution is -0.145. The van der Waals surface area contributed by atoms with Gasteiger partial charge in [-0.2, -0.15) is 10.4 Å². The third kappa shape index (κ3) is 4.83. The number of ether oxygens (including phenoxy) is 1. The number of carbonyl (C=O) groups is 1. The van der Waals surface area contributed by atoms with Gasteiger partial charge in [-0.15, -0.1) is 0 Å². The van der Waals surface area contributed by atoms with Crippen LogP contribution in [0.4, 0.5) is 0 Å². The highest BCUT2D eigenvalue weighted by molar-refractivity contribution is 6.33. The highest BCUT2D eigenvalue weighted by Gasteiger charge is 2.30. The van der Waals surface area contributed by atoms with E-state index in [1.54, 1.807) is 27.7 Å². The molecule has 158 valence electrons. The van der Waals surface area contributed by atoms with Crippen LogP contribution in [0.1, 0.15) is 64.1 Å². The summed E-state index contributed by atoms with van der Waals surface area (Å²) in [4.78, 5) is 12.7. The highest BCUT2D eigenvalue weighted by Crippen LogP contribution is 2.36. The largest absolute Gasteiger partial charge is 0.422 e. The number of benzene rings is 1. The fourth-order valence-electron chi connectivity index (χ4n) is 2.71. The second kappa shape index (κ2) is 8.49. The molecule has 0 aliphatic heterocycles. The Morgan fingerprint density at radius 1 is 1.20 bits per heavy atom. The molecular formula is C24H28ClN3O2. The zero-order valence-electron chi connectivity index (χ0n) is 18.6. The van der Waals surface area contributed by atoms with Crippen molar-refractivity contribution in [2.45, 2.75) is 53.9 Å². The van der Waals surface area contributed by atoms with E-state index in [2.05, 4.69) is 38.5 Å². The Morgan fingerprint density at radius 3 is 2.20 bits per heavy atom. The molecule has 30 heavy (non-hydrogen) atoms. The second-order valence-corrected chi connectivity index (χ2v) is 9.54. The number of halogens is 1. The molecule has 1 aromatic heterocycles. The zero-order chi connectivity index (χ0) is 22.9. The van der Waals surface area contributed by atoms with Gasteiger partial charge in [0.25, 0.3) is 0 Å². The van der Waals surface area contributed by atoms with E-state index in [1.807, 2.05) is 24.3 Å². The Balaban J connectivity index is 2.79. The van der Waals surface area contributed by atoms with Gasteiger partial charge in [-0.3, -0.25) is 4.79 Å². The van der Waals surface area contributed by atoms with Crippen molar-refractivity contribution >= 4 is 35.1 Å². The molecule has 6 heteroatoms. The molecule has 0 fully saturated rings. The monoisotopic (exact) mass is 425 g/mol. The van der Waals surface area contributed by atoms with Crippen molar-refractivity contribution in [3.8, 4) is 6.07 Å². The average molecular weight is 426 g/mol. The van der Waals surface area contributed by atoms with Gasteiger partial charge in [-0.05, 0) is 44.2 Å². The van der Waals surface area contributed by atoms with Crippen LogP contribution < -0.4 is 0 Å². The molecule has 0 amide bonds. The number of nitrogens with zero attached hydrogens (tertiary/aromatic N) is 3. The molecule has 0 N–H and O–H groups in total. The van der Waals surface area contributed by atoms with Crippen LogP contribution in [0.15, 0.2) is 30.8 Å². The van der Waals surface area contributed by atoms with Crippen LogP contribution in [0, 0.1) is 23.7 Å². The molecule has 1 heterocycles. The van der Waals surface area contributed by atoms with E-state index in [1.165, 1.54) is 10.9 Å². The number of hydrogen-bond donors (Lipinski definition) is 0. The molecule has 1 aromatic carbocycles. The molecule has 2 rings (SSSR count). The summed E-state index contributed by atoms with van der Waals surface area (Å²) >= 11 is 6.49. The number of hydrogen-bond acceptors (Lipinski definition) is 4. The van der Waals surface area contributed by atoms with Crippen molar-refractivity contribution in [3.05, 3.63) is 58.4 Å². The minimum absolute atomic E-state index is 0.0293. The molecule has 0 aliphatic carbocycles. The molecule has 0 atom stereocenters. The Morgan fingerprint density at radius 2 is 1.77 bits per heavy atom. The van der Waals surface area contributed by atoms with Crippen LogP contribution in [0.2, 0.25) is 5.02 Å². The quantitative estimate of drug-likeness (QED) is 0.331. The lowest BCUT2D eigenvalue weighted by Crippen LogP contribution is -2.23. The molecule has 0 saturated heterocycles. The second-order valence-electron chi connectivity index (χ2n) is 9.16. The van der Waals surface area contributed by atoms with E-state index in [4.69, 9.17) is 16.3 Å². The van der Waals surface area contributed by atoms with Crippen LogP contribution in [0.25, 0.3) is 17.5 Å². The van der Waals surface area contributed by atoms with E-state index >= 15 is 0 Å². The maximum Gasteiger partial charge on any atom is 0.316 e. The third-order valence-corrected chi connectivity index (χ3v) is 5.04. The van der Waals surface area contributed by atoms with Crippen LogP contribution in [0.5, 0.6) is 0 Å². The van der Waals surface area contributed by atoms with Crippen molar-refractivity contribution in [1.82, 2.24) is 9.78 Å². The van der Waals surface area contributed by atoms with Crippen LogP contribution in [0.3, 0.4) is 0 Å². The molecule has 0 aliphatic rings. The van der Waals surface area contributed by atoms with Gasteiger partial charge >= 0.3 is 5.97 Å². The highest BCUT2D eigenvalue weighted by atomic mass is 35.5. The lowest BCUT2D eigenvalue weighted by Gasteiger charge is -2.21. The first-order chi connectivity index (χ1) is 13.8. The van der Waals surface area contributed by atoms with Gasteiger partial charge in [0.15, 0.2) is 5.76 Å². The molecule has 5 nitrogen and oxygen atoms in total. The van der Waals surface area contributed by atoms with Gasteiger partial charge in [0.05, 0.1) is 16.1 Å². The van der Waals surface area contributed by atoms with E-state index in [9.17, 15) is 10.1 Å². The van der Waals surface area contributed by atoms with Crippen molar-refractivity contribution in [1.29, 1.82) is 5.26 Å². The van der Waals surface area contributed by atoms with Crippen molar-refractivity contribution in [2.24, 2.45) is 5.41 Å². The summed E-state index contributed by atoms with van der Waals surface area (Å²) in [5.74, 6) is -0.423. The average Bonchev–Trinajstić information content (AvgIpc) is 2.94. The molecule has 0 spiro atoms. The molecule has 0 bridgehead atoms. The normalized spacial score (nSPS) is 12.8. The van der Waals surface area contributed by atoms with Gasteiger partial charge in [-0.1, -0.05) is 63.2 Å². The van der Waals surface area contributed by atoms with Crippen LogP contribution in [-0.4, -0.2) is 15.7 Å². The summed E-state index contributed by atoms with van der Waals surface area (Å²) in [5, 5.41) is 14.6. The minimum atomic E-state index is -0.775. The minimum Gasteiger partial charge on any atom is -0.422 e. The van der Waals surface area contributed by atoms with Gasteiger partial charge < -0.3 is 4.74 Å². The number of aromatic nitrogens is 2. The number of nitriles is 1. The number of allylic oxidation sites excluding steroid dienone is 1. The number of esters is 1. The van der Waals surface area contributed by atoms with Crippen LogP contribution in [-0.2, 0) is 14.9 Å². The van der Waals surface area contributed by atoms with Crippen molar-refractivity contribution < 1.29 is 9.53 Å². The summed E-state index contributed by atoms with van der Waals surface area (Å²) in [6.45, 7) is 17.1. The van der Waals surface area contributed by atoms with E-state index < -0.39 is 11.4 Å². The summed E-state index contributed by atoms with van der Waals surface area (Å²) in [6.07, 6.45) is 1.46. The van der Waals surface area contributed by atoms with E-state index in [0.29, 0.717) is 22.0 Å². The van der Waals surface area contributed by atoms with Gasteiger partial charge in [0, 0.05) is 6.20 Å². The SMILES string of the molecule is C=Cn1nc(C)c(Cl)c1/C(OC(=O)C(C)(C)C)=C(/C#N)c1ccc(C(C)(C)C)cc1. The smallest absolute Gasteiger partial charge is 0.316 e. The topological polar surface area (TPSA) is 67.9 Å². The van der Waals surface area contributed by atoms with Gasteiger partial charge in [0.2, 0.25) is 0 Å². The predicted octanol–water partition coefficient (Wildman–Crippen LogP) is 6.22. The Kier molecular flexibility index (Phi) is 6.63. The lowest BCUT2D eigenvalue weighted by atomic mass is 9.86. The number of aryl methyl sites for hydroxylation is 1. The standard InChI is InChI=1S/C24H28ClN3O2/c1-9-28-20(19(25)15(2)27-28)21(30-22(29)24(6,7)8)18(14-26)16-10-12-17(13-11-16)23(3,4)5/h9-13H,1H2,2-8H3/b21-18+. The van der Waals surface area contributed by atoms with E-state index in [0.717, 1.165) is 5.56 Å². The number of rotatable bonds is 4. The number of carbonyl (C=O) groups excluding carboxylic acids is 1. The van der Waals surface area contributed by atoms with Crippen molar-refractivity contribution in [3.63, 3.8) is 0 Å². The van der Waals surface area contributed by atoms with Crippen molar-refractivity contribution in [2.75, 3.05) is 0 Å². The van der Waals surface area contributed by atoms with Crippen LogP contribution >= 0.6 is 11.6 Å². The first-order valence-corrected chi connectivity index (χ1v) is 10.0. The van der Waals surface area contributed by atoms with E-state index in [-0.39, 0.29) is 16.7 Å². The zero-order valence-corrected chi connectivity index (χ0v) is 19.4. The first-order valence-electron chi connectivity index (χ1n) is 9.66.